The van der Waals surface area contributed by atoms with Gasteiger partial charge in [0.25, 0.3) is 0 Å². The van der Waals surface area contributed by atoms with E-state index >= 15 is 0 Å². The summed E-state index contributed by atoms with van der Waals surface area (Å²) < 4.78 is 11.5. The lowest BCUT2D eigenvalue weighted by atomic mass is 10.0. The Labute approximate surface area is 92.8 Å². The molecule has 0 bridgehead atoms. The highest BCUT2D eigenvalue weighted by Crippen LogP contribution is 2.26. The first-order valence-corrected chi connectivity index (χ1v) is 6.06. The van der Waals surface area contributed by atoms with Crippen LogP contribution in [0.15, 0.2) is 6.07 Å². The molecule has 0 atom stereocenters. The second kappa shape index (κ2) is 4.16. The minimum absolute atomic E-state index is 0.227. The smallest absolute Gasteiger partial charge is 0.337 e. The summed E-state index contributed by atoms with van der Waals surface area (Å²) in [5.41, 5.74) is 2.69. The van der Waals surface area contributed by atoms with Gasteiger partial charge in [-0.3, -0.25) is 3.07 Å². The highest BCUT2D eigenvalue weighted by atomic mass is 127. The van der Waals surface area contributed by atoms with Crippen molar-refractivity contribution in [2.45, 2.75) is 20.8 Å². The Bertz CT molecular complexity index is 410. The van der Waals surface area contributed by atoms with Crippen molar-refractivity contribution >= 4 is 27.2 Å². The first kappa shape index (κ1) is 11.3. The molecule has 76 valence electrons. The Morgan fingerprint density at radius 2 is 1.86 bits per heavy atom. The fraction of sp³-hybridized carbons (Fsp3) is 0.300. The molecule has 1 rings (SSSR count). The summed E-state index contributed by atoms with van der Waals surface area (Å²) in [5, 5.41) is 9.01. The molecule has 1 aromatic carbocycles. The lowest BCUT2D eigenvalue weighted by molar-refractivity contribution is 0.0694. The Balaban J connectivity index is 3.64. The molecule has 3 nitrogen and oxygen atoms in total. The molecule has 14 heavy (non-hydrogen) atoms. The average Bonchev–Trinajstić information content (AvgIpc) is 2.10. The third-order valence-corrected chi connectivity index (χ3v) is 4.09. The van der Waals surface area contributed by atoms with Crippen molar-refractivity contribution in [2.75, 3.05) is 0 Å². The lowest BCUT2D eigenvalue weighted by Gasteiger charge is -2.09. The van der Waals surface area contributed by atoms with Crippen LogP contribution in [-0.2, 0) is 3.07 Å². The van der Waals surface area contributed by atoms with Crippen molar-refractivity contribution in [1.82, 2.24) is 0 Å². The van der Waals surface area contributed by atoms with Crippen LogP contribution in [0.4, 0.5) is 0 Å². The van der Waals surface area contributed by atoms with Crippen molar-refractivity contribution in [3.63, 3.8) is 0 Å². The van der Waals surface area contributed by atoms with Crippen molar-refractivity contribution in [3.8, 4) is 0 Å². The van der Waals surface area contributed by atoms with Crippen molar-refractivity contribution in [3.05, 3.63) is 31.9 Å². The summed E-state index contributed by atoms with van der Waals surface area (Å²) in [5.74, 6) is -0.986. The van der Waals surface area contributed by atoms with Crippen molar-refractivity contribution < 1.29 is 13.0 Å². The molecule has 0 heterocycles. The van der Waals surface area contributed by atoms with E-state index in [2.05, 4.69) is 0 Å². The maximum atomic E-state index is 11.0. The van der Waals surface area contributed by atoms with E-state index in [1.54, 1.807) is 13.8 Å². The first-order valence-electron chi connectivity index (χ1n) is 4.10. The van der Waals surface area contributed by atoms with Gasteiger partial charge in [-0.1, -0.05) is 6.07 Å². The van der Waals surface area contributed by atoms with E-state index in [-0.39, 0.29) is 5.56 Å². The number of carboxylic acids is 1. The fourth-order valence-electron chi connectivity index (χ4n) is 1.41. The lowest BCUT2D eigenvalue weighted by Crippen LogP contribution is -2.06. The van der Waals surface area contributed by atoms with E-state index in [9.17, 15) is 7.86 Å². The Morgan fingerprint density at radius 3 is 2.29 bits per heavy atom. The van der Waals surface area contributed by atoms with E-state index < -0.39 is 27.2 Å². The Hall–Kier alpha value is -0.780. The molecular formula is C10H11IO3. The molecule has 0 saturated heterocycles. The molecule has 4 heteroatoms. The monoisotopic (exact) mass is 306 g/mol. The zero-order valence-corrected chi connectivity index (χ0v) is 10.4. The SMILES string of the molecule is Cc1cc(C)c(I=O)c(C(=O)O)c1C. The van der Waals surface area contributed by atoms with Crippen LogP contribution in [-0.4, -0.2) is 11.1 Å². The number of hydrogen-bond donors (Lipinski definition) is 1. The van der Waals surface area contributed by atoms with Crippen LogP contribution in [0.5, 0.6) is 0 Å². The quantitative estimate of drug-likeness (QED) is 0.855. The van der Waals surface area contributed by atoms with Crippen molar-refractivity contribution in [2.24, 2.45) is 0 Å². The first-order chi connectivity index (χ1) is 6.49. The molecule has 0 aliphatic heterocycles. The van der Waals surface area contributed by atoms with E-state index in [4.69, 9.17) is 5.11 Å². The van der Waals surface area contributed by atoms with Gasteiger partial charge in [-0.25, -0.2) is 4.79 Å². The number of hydrogen-bond acceptors (Lipinski definition) is 2. The van der Waals surface area contributed by atoms with Gasteiger partial charge >= 0.3 is 5.97 Å². The zero-order valence-electron chi connectivity index (χ0n) is 8.22. The van der Waals surface area contributed by atoms with Gasteiger partial charge in [0.1, 0.15) is 0 Å². The highest BCUT2D eigenvalue weighted by Gasteiger charge is 2.17. The van der Waals surface area contributed by atoms with Gasteiger partial charge in [-0.2, -0.15) is 0 Å². The number of halogens is 1. The second-order valence-electron chi connectivity index (χ2n) is 3.21. The molecule has 0 spiro atoms. The molecular weight excluding hydrogens is 295 g/mol. The molecule has 1 N–H and O–H groups in total. The number of benzene rings is 1. The largest absolute Gasteiger partial charge is 0.478 e. The topological polar surface area (TPSA) is 54.4 Å². The molecule has 0 saturated carbocycles. The number of aryl methyl sites for hydroxylation is 2. The standard InChI is InChI=1S/C10H11IO3/c1-5-4-6(2)9(11-14)8(7(5)3)10(12)13/h4H,1-3H3,(H,12,13). The van der Waals surface area contributed by atoms with Crippen LogP contribution in [0.1, 0.15) is 27.0 Å². The molecule has 0 radical (unpaired) electrons. The zero-order chi connectivity index (χ0) is 10.9. The maximum Gasteiger partial charge on any atom is 0.337 e. The summed E-state index contributed by atoms with van der Waals surface area (Å²) >= 11 is -1.43. The minimum atomic E-state index is -1.43. The predicted octanol–water partition coefficient (Wildman–Crippen LogP) is 2.80. The van der Waals surface area contributed by atoms with Gasteiger partial charge in [0, 0.05) is 0 Å². The summed E-state index contributed by atoms with van der Waals surface area (Å²) in [6, 6.07) is 1.88. The molecule has 0 aromatic heterocycles. The summed E-state index contributed by atoms with van der Waals surface area (Å²) in [4.78, 5) is 11.0. The molecule has 0 aliphatic rings. The molecule has 0 aliphatic carbocycles. The summed E-state index contributed by atoms with van der Waals surface area (Å²) in [6.07, 6.45) is 0. The Morgan fingerprint density at radius 1 is 1.29 bits per heavy atom. The molecule has 0 unspecified atom stereocenters. The van der Waals surface area contributed by atoms with E-state index in [0.717, 1.165) is 11.1 Å². The third-order valence-electron chi connectivity index (χ3n) is 2.26. The minimum Gasteiger partial charge on any atom is -0.478 e. The molecule has 0 fully saturated rings. The van der Waals surface area contributed by atoms with Gasteiger partial charge < -0.3 is 5.11 Å². The Kier molecular flexibility index (Phi) is 3.36. The van der Waals surface area contributed by atoms with Gasteiger partial charge in [-0.05, 0) is 37.5 Å². The van der Waals surface area contributed by atoms with Gasteiger partial charge in [0.15, 0.2) is 21.2 Å². The number of carbonyl (C=O) groups is 1. The summed E-state index contributed by atoms with van der Waals surface area (Å²) in [7, 11) is 0. The fourth-order valence-corrected chi connectivity index (χ4v) is 2.77. The average molecular weight is 306 g/mol. The van der Waals surface area contributed by atoms with Crippen LogP contribution in [0.25, 0.3) is 0 Å². The third kappa shape index (κ3) is 1.84. The van der Waals surface area contributed by atoms with Gasteiger partial charge in [-0.15, -0.1) is 0 Å². The van der Waals surface area contributed by atoms with Crippen LogP contribution >= 0.6 is 21.2 Å². The molecule has 1 aromatic rings. The van der Waals surface area contributed by atoms with Crippen LogP contribution < -0.4 is 0 Å². The second-order valence-corrected chi connectivity index (χ2v) is 4.73. The predicted molar refractivity (Wildman–Crippen MR) is 61.0 cm³/mol. The number of rotatable bonds is 2. The van der Waals surface area contributed by atoms with E-state index in [1.807, 2.05) is 13.0 Å². The van der Waals surface area contributed by atoms with Crippen molar-refractivity contribution in [1.29, 1.82) is 0 Å². The van der Waals surface area contributed by atoms with E-state index in [1.165, 1.54) is 0 Å². The van der Waals surface area contributed by atoms with E-state index in [0.29, 0.717) is 9.13 Å². The number of aromatic carboxylic acids is 1. The highest BCUT2D eigenvalue weighted by molar-refractivity contribution is 14.1. The van der Waals surface area contributed by atoms with Crippen LogP contribution in [0.2, 0.25) is 0 Å². The van der Waals surface area contributed by atoms with Crippen LogP contribution in [0.3, 0.4) is 0 Å². The molecule has 0 amide bonds. The maximum absolute atomic E-state index is 11.0. The van der Waals surface area contributed by atoms with Gasteiger partial charge in [0.05, 0.1) is 9.13 Å². The van der Waals surface area contributed by atoms with Gasteiger partial charge in [0.2, 0.25) is 0 Å². The normalized spacial score (nSPS) is 10.2. The summed E-state index contributed by atoms with van der Waals surface area (Å²) in [6.45, 7) is 5.41. The number of carboxylic acid groups (broad SMARTS) is 1. The van der Waals surface area contributed by atoms with Crippen LogP contribution in [0, 0.1) is 24.3 Å².